The van der Waals surface area contributed by atoms with Gasteiger partial charge in [-0.1, -0.05) is 55.3 Å². The average molecular weight is 291 g/mol. The van der Waals surface area contributed by atoms with Crippen molar-refractivity contribution in [1.82, 2.24) is 0 Å². The summed E-state index contributed by atoms with van der Waals surface area (Å²) >= 11 is 0. The van der Waals surface area contributed by atoms with Crippen LogP contribution in [-0.2, 0) is 4.74 Å². The molecule has 1 aromatic carbocycles. The first-order valence-electron chi connectivity index (χ1n) is 8.11. The Hall–Kier alpha value is -1.35. The van der Waals surface area contributed by atoms with Crippen molar-refractivity contribution in [1.29, 1.82) is 0 Å². The number of nitrogens with zero attached hydrogens (tertiary/aromatic N) is 1. The number of unbranched alkanes of at least 4 members (excludes halogenated alkanes) is 1. The maximum atomic E-state index is 9.47. The van der Waals surface area contributed by atoms with Crippen LogP contribution in [0.2, 0.25) is 0 Å². The third-order valence-electron chi connectivity index (χ3n) is 3.84. The Balaban J connectivity index is 2.75. The molecule has 1 aromatic rings. The minimum atomic E-state index is 0.259. The minimum Gasteiger partial charge on any atom is -0.411 e. The molecule has 118 valence electrons. The summed E-state index contributed by atoms with van der Waals surface area (Å²) in [5, 5.41) is 13.1. The molecule has 0 bridgehead atoms. The van der Waals surface area contributed by atoms with E-state index in [4.69, 9.17) is 4.74 Å². The fourth-order valence-corrected chi connectivity index (χ4v) is 2.66. The molecule has 3 nitrogen and oxygen atoms in total. The van der Waals surface area contributed by atoms with Gasteiger partial charge in [0.2, 0.25) is 0 Å². The van der Waals surface area contributed by atoms with Crippen LogP contribution in [0, 0.1) is 5.92 Å². The molecule has 0 aliphatic rings. The van der Waals surface area contributed by atoms with Gasteiger partial charge < -0.3 is 9.94 Å². The summed E-state index contributed by atoms with van der Waals surface area (Å²) in [5.74, 6) is 0.292. The predicted molar refractivity (Wildman–Crippen MR) is 88.1 cm³/mol. The summed E-state index contributed by atoms with van der Waals surface area (Å²) in [6.45, 7) is 7.08. The van der Waals surface area contributed by atoms with Gasteiger partial charge in [0, 0.05) is 12.5 Å². The number of hydrogen-bond donors (Lipinski definition) is 1. The molecule has 0 heterocycles. The van der Waals surface area contributed by atoms with E-state index in [2.05, 4.69) is 19.0 Å². The summed E-state index contributed by atoms with van der Waals surface area (Å²) in [7, 11) is 0. The molecule has 3 heteroatoms. The van der Waals surface area contributed by atoms with Crippen molar-refractivity contribution in [2.75, 3.05) is 6.61 Å². The Bertz CT molecular complexity index is 403. The van der Waals surface area contributed by atoms with E-state index in [9.17, 15) is 5.21 Å². The molecular weight excluding hydrogens is 262 g/mol. The van der Waals surface area contributed by atoms with Crippen molar-refractivity contribution in [3.05, 3.63) is 35.9 Å². The van der Waals surface area contributed by atoms with Crippen LogP contribution >= 0.6 is 0 Å². The number of hydrogen-bond acceptors (Lipinski definition) is 3. The molecule has 0 amide bonds. The number of ether oxygens (including phenoxy) is 1. The standard InChI is InChI=1S/C18H29NO2/c1-4-6-10-17(14-13-15(3)21-5-2)18(19-20)16-11-8-7-9-12-16/h7-9,11-12,15,17,20H,4-6,10,13-14H2,1-3H3. The molecule has 2 atom stereocenters. The van der Waals surface area contributed by atoms with Crippen LogP contribution in [0.15, 0.2) is 35.5 Å². The van der Waals surface area contributed by atoms with Gasteiger partial charge >= 0.3 is 0 Å². The molecule has 0 aliphatic heterocycles. The van der Waals surface area contributed by atoms with Gasteiger partial charge in [-0.3, -0.25) is 0 Å². The highest BCUT2D eigenvalue weighted by atomic mass is 16.5. The van der Waals surface area contributed by atoms with Gasteiger partial charge in [-0.2, -0.15) is 0 Å². The normalized spacial score (nSPS) is 14.9. The van der Waals surface area contributed by atoms with Crippen molar-refractivity contribution < 1.29 is 9.94 Å². The van der Waals surface area contributed by atoms with E-state index in [0.717, 1.165) is 50.0 Å². The van der Waals surface area contributed by atoms with Crippen molar-refractivity contribution in [2.24, 2.45) is 11.1 Å². The summed E-state index contributed by atoms with van der Waals surface area (Å²) in [6, 6.07) is 9.98. The van der Waals surface area contributed by atoms with Crippen LogP contribution in [0.5, 0.6) is 0 Å². The largest absolute Gasteiger partial charge is 0.411 e. The quantitative estimate of drug-likeness (QED) is 0.379. The second-order valence-corrected chi connectivity index (χ2v) is 5.53. The van der Waals surface area contributed by atoms with Crippen molar-refractivity contribution >= 4 is 5.71 Å². The van der Waals surface area contributed by atoms with Crippen LogP contribution in [-0.4, -0.2) is 23.6 Å². The van der Waals surface area contributed by atoms with Crippen molar-refractivity contribution in [3.8, 4) is 0 Å². The van der Waals surface area contributed by atoms with E-state index >= 15 is 0 Å². The summed E-state index contributed by atoms with van der Waals surface area (Å²) < 4.78 is 5.61. The van der Waals surface area contributed by atoms with E-state index < -0.39 is 0 Å². The maximum absolute atomic E-state index is 9.47. The zero-order valence-corrected chi connectivity index (χ0v) is 13.6. The Morgan fingerprint density at radius 2 is 1.86 bits per heavy atom. The third-order valence-corrected chi connectivity index (χ3v) is 3.84. The van der Waals surface area contributed by atoms with Crippen LogP contribution in [0.25, 0.3) is 0 Å². The Morgan fingerprint density at radius 1 is 1.14 bits per heavy atom. The van der Waals surface area contributed by atoms with Crippen LogP contribution in [0.4, 0.5) is 0 Å². The molecular formula is C18H29NO2. The van der Waals surface area contributed by atoms with Crippen LogP contribution in [0.3, 0.4) is 0 Å². The van der Waals surface area contributed by atoms with E-state index in [-0.39, 0.29) is 6.10 Å². The van der Waals surface area contributed by atoms with Gasteiger partial charge in [0.25, 0.3) is 0 Å². The maximum Gasteiger partial charge on any atom is 0.0898 e. The van der Waals surface area contributed by atoms with Gasteiger partial charge in [-0.05, 0) is 38.7 Å². The summed E-state index contributed by atoms with van der Waals surface area (Å²) in [5.41, 5.74) is 1.83. The number of benzene rings is 1. The summed E-state index contributed by atoms with van der Waals surface area (Å²) in [4.78, 5) is 0. The van der Waals surface area contributed by atoms with Gasteiger partial charge in [0.05, 0.1) is 11.8 Å². The van der Waals surface area contributed by atoms with Gasteiger partial charge in [0.1, 0.15) is 0 Å². The SMILES string of the molecule is CCCCC(CCC(C)OCC)C(=NO)c1ccccc1. The minimum absolute atomic E-state index is 0.259. The molecule has 0 aromatic heterocycles. The highest BCUT2D eigenvalue weighted by molar-refractivity contribution is 6.01. The van der Waals surface area contributed by atoms with Gasteiger partial charge in [-0.25, -0.2) is 0 Å². The predicted octanol–water partition coefficient (Wildman–Crippen LogP) is 4.88. The first-order valence-corrected chi connectivity index (χ1v) is 8.11. The van der Waals surface area contributed by atoms with Gasteiger partial charge in [0.15, 0.2) is 0 Å². The lowest BCUT2D eigenvalue weighted by Gasteiger charge is -2.20. The molecule has 0 radical (unpaired) electrons. The number of oxime groups is 1. The highest BCUT2D eigenvalue weighted by Gasteiger charge is 2.19. The lowest BCUT2D eigenvalue weighted by Crippen LogP contribution is -2.19. The average Bonchev–Trinajstić information content (AvgIpc) is 2.51. The third kappa shape index (κ3) is 6.30. The van der Waals surface area contributed by atoms with Crippen LogP contribution in [0.1, 0.15) is 58.4 Å². The Labute approximate surface area is 129 Å². The molecule has 0 saturated heterocycles. The smallest absolute Gasteiger partial charge is 0.0898 e. The zero-order chi connectivity index (χ0) is 15.5. The molecule has 21 heavy (non-hydrogen) atoms. The molecule has 0 spiro atoms. The summed E-state index contributed by atoms with van der Waals surface area (Å²) in [6.07, 6.45) is 5.62. The van der Waals surface area contributed by atoms with Crippen LogP contribution < -0.4 is 0 Å². The topological polar surface area (TPSA) is 41.8 Å². The number of rotatable bonds is 10. The first kappa shape index (κ1) is 17.7. The lowest BCUT2D eigenvalue weighted by atomic mass is 9.87. The van der Waals surface area contributed by atoms with E-state index in [1.807, 2.05) is 37.3 Å². The second kappa shape index (κ2) is 10.4. The zero-order valence-electron chi connectivity index (χ0n) is 13.6. The monoisotopic (exact) mass is 291 g/mol. The molecule has 1 rings (SSSR count). The molecule has 0 fully saturated rings. The second-order valence-electron chi connectivity index (χ2n) is 5.53. The van der Waals surface area contributed by atoms with Gasteiger partial charge in [-0.15, -0.1) is 0 Å². The van der Waals surface area contributed by atoms with E-state index in [1.54, 1.807) is 0 Å². The molecule has 2 unspecified atom stereocenters. The van der Waals surface area contributed by atoms with Crippen molar-refractivity contribution in [3.63, 3.8) is 0 Å². The van der Waals surface area contributed by atoms with E-state index in [0.29, 0.717) is 5.92 Å². The Kier molecular flexibility index (Phi) is 8.76. The first-order chi connectivity index (χ1) is 10.2. The molecule has 1 N–H and O–H groups in total. The van der Waals surface area contributed by atoms with Crippen molar-refractivity contribution in [2.45, 2.75) is 59.0 Å². The fourth-order valence-electron chi connectivity index (χ4n) is 2.66. The Morgan fingerprint density at radius 3 is 2.43 bits per heavy atom. The van der Waals surface area contributed by atoms with E-state index in [1.165, 1.54) is 0 Å². The highest BCUT2D eigenvalue weighted by Crippen LogP contribution is 2.22. The lowest BCUT2D eigenvalue weighted by molar-refractivity contribution is 0.0668. The molecule has 0 aliphatic carbocycles. The molecule has 0 saturated carbocycles. The fraction of sp³-hybridized carbons (Fsp3) is 0.611.